The fraction of sp³-hybridized carbons (Fsp3) is 0.250. The number of hydrogen-bond donors (Lipinski definition) is 1. The molecule has 0 aliphatic rings. The van der Waals surface area contributed by atoms with Crippen molar-refractivity contribution < 1.29 is 8.42 Å². The quantitative estimate of drug-likeness (QED) is 0.662. The van der Waals surface area contributed by atoms with Crippen LogP contribution in [-0.2, 0) is 22.9 Å². The molecule has 5 heteroatoms. The fourth-order valence-corrected chi connectivity index (χ4v) is 3.41. The smallest absolute Gasteiger partial charge is 0.208 e. The summed E-state index contributed by atoms with van der Waals surface area (Å²) in [4.78, 5) is 4.54. The molecule has 3 aromatic rings. The molecule has 3 rings (SSSR count). The van der Waals surface area contributed by atoms with Crippen LogP contribution in [0.3, 0.4) is 0 Å². The highest BCUT2D eigenvalue weighted by Gasteiger charge is 2.04. The lowest BCUT2D eigenvalue weighted by Gasteiger charge is -2.07. The Balaban J connectivity index is 1.62. The second kappa shape index (κ2) is 7.76. The molecule has 1 aromatic heterocycles. The van der Waals surface area contributed by atoms with Gasteiger partial charge >= 0.3 is 0 Å². The van der Waals surface area contributed by atoms with Crippen LogP contribution in [0.25, 0.3) is 10.8 Å². The van der Waals surface area contributed by atoms with Crippen molar-refractivity contribution in [1.29, 1.82) is 0 Å². The minimum Gasteiger partial charge on any atom is -0.260 e. The van der Waals surface area contributed by atoms with Gasteiger partial charge in [0.15, 0.2) is 0 Å². The maximum absolute atomic E-state index is 11.0. The standard InChI is InChI=1S/C20H22N2O2S/c1-25(23,24)22-13-4-5-16-8-10-17(11-9-16)15-20-19-7-3-2-6-18(19)12-14-21-20/h2-3,6-12,14,22H,4-5,13,15H2,1H3. The van der Waals surface area contributed by atoms with Gasteiger partial charge in [-0.05, 0) is 35.4 Å². The predicted octanol–water partition coefficient (Wildman–Crippen LogP) is 3.31. The number of hydrogen-bond acceptors (Lipinski definition) is 3. The van der Waals surface area contributed by atoms with Crippen LogP contribution in [0.4, 0.5) is 0 Å². The van der Waals surface area contributed by atoms with Crippen molar-refractivity contribution in [3.8, 4) is 0 Å². The Morgan fingerprint density at radius 3 is 2.44 bits per heavy atom. The van der Waals surface area contributed by atoms with E-state index in [-0.39, 0.29) is 0 Å². The third kappa shape index (κ3) is 5.11. The summed E-state index contributed by atoms with van der Waals surface area (Å²) >= 11 is 0. The summed E-state index contributed by atoms with van der Waals surface area (Å²) in [5, 5.41) is 2.41. The number of fused-ring (bicyclic) bond motifs is 1. The summed E-state index contributed by atoms with van der Waals surface area (Å²) in [6.07, 6.45) is 5.49. The third-order valence-corrected chi connectivity index (χ3v) is 4.89. The van der Waals surface area contributed by atoms with E-state index in [9.17, 15) is 8.42 Å². The number of sulfonamides is 1. The van der Waals surface area contributed by atoms with E-state index in [4.69, 9.17) is 0 Å². The second-order valence-corrected chi connectivity index (χ2v) is 8.08. The SMILES string of the molecule is CS(=O)(=O)NCCCc1ccc(Cc2nccc3ccccc23)cc1. The molecule has 0 amide bonds. The van der Waals surface area contributed by atoms with Crippen molar-refractivity contribution in [3.63, 3.8) is 0 Å². The van der Waals surface area contributed by atoms with Crippen LogP contribution in [-0.4, -0.2) is 26.2 Å². The highest BCUT2D eigenvalue weighted by molar-refractivity contribution is 7.88. The summed E-state index contributed by atoms with van der Waals surface area (Å²) in [7, 11) is -3.09. The molecular weight excluding hydrogens is 332 g/mol. The molecule has 0 spiro atoms. The van der Waals surface area contributed by atoms with Crippen LogP contribution in [0.15, 0.2) is 60.8 Å². The van der Waals surface area contributed by atoms with Crippen molar-refractivity contribution in [2.45, 2.75) is 19.3 Å². The summed E-state index contributed by atoms with van der Waals surface area (Å²) in [5.41, 5.74) is 3.52. The van der Waals surface area contributed by atoms with E-state index >= 15 is 0 Å². The Hall–Kier alpha value is -2.24. The van der Waals surface area contributed by atoms with Crippen LogP contribution >= 0.6 is 0 Å². The van der Waals surface area contributed by atoms with E-state index in [0.29, 0.717) is 6.54 Å². The first-order valence-electron chi connectivity index (χ1n) is 8.36. The first kappa shape index (κ1) is 17.6. The molecule has 0 saturated carbocycles. The molecule has 0 unspecified atom stereocenters. The maximum atomic E-state index is 11.0. The molecule has 0 saturated heterocycles. The molecule has 1 heterocycles. The zero-order valence-corrected chi connectivity index (χ0v) is 15.1. The molecular formula is C20H22N2O2S. The van der Waals surface area contributed by atoms with Gasteiger partial charge in [-0.3, -0.25) is 4.98 Å². The molecule has 0 fully saturated rings. The zero-order chi connectivity index (χ0) is 17.7. The minimum atomic E-state index is -3.09. The Morgan fingerprint density at radius 1 is 0.960 bits per heavy atom. The normalized spacial score (nSPS) is 11.7. The molecule has 0 bridgehead atoms. The number of nitrogens with zero attached hydrogens (tertiary/aromatic N) is 1. The monoisotopic (exact) mass is 354 g/mol. The van der Waals surface area contributed by atoms with E-state index < -0.39 is 10.0 Å². The molecule has 2 aromatic carbocycles. The Kier molecular flexibility index (Phi) is 5.46. The first-order chi connectivity index (χ1) is 12.0. The average Bonchev–Trinajstić information content (AvgIpc) is 2.60. The molecule has 1 N–H and O–H groups in total. The predicted molar refractivity (Wildman–Crippen MR) is 102 cm³/mol. The number of aryl methyl sites for hydroxylation is 1. The van der Waals surface area contributed by atoms with Crippen molar-refractivity contribution in [1.82, 2.24) is 9.71 Å². The van der Waals surface area contributed by atoms with Gasteiger partial charge in [0.2, 0.25) is 10.0 Å². The Morgan fingerprint density at radius 2 is 1.68 bits per heavy atom. The van der Waals surface area contributed by atoms with Crippen molar-refractivity contribution in [2.75, 3.05) is 12.8 Å². The molecule has 0 aliphatic heterocycles. The van der Waals surface area contributed by atoms with Crippen LogP contribution in [0.2, 0.25) is 0 Å². The lowest BCUT2D eigenvalue weighted by Crippen LogP contribution is -2.23. The van der Waals surface area contributed by atoms with E-state index in [1.807, 2.05) is 24.4 Å². The van der Waals surface area contributed by atoms with Crippen molar-refractivity contribution in [2.24, 2.45) is 0 Å². The first-order valence-corrected chi connectivity index (χ1v) is 10.3. The number of benzene rings is 2. The van der Waals surface area contributed by atoms with Gasteiger partial charge in [-0.15, -0.1) is 0 Å². The number of nitrogens with one attached hydrogen (secondary N) is 1. The summed E-state index contributed by atoms with van der Waals surface area (Å²) in [5.74, 6) is 0. The topological polar surface area (TPSA) is 59.1 Å². The highest BCUT2D eigenvalue weighted by Crippen LogP contribution is 2.19. The minimum absolute atomic E-state index is 0.473. The third-order valence-electron chi connectivity index (χ3n) is 4.16. The number of pyridine rings is 1. The maximum Gasteiger partial charge on any atom is 0.208 e. The van der Waals surface area contributed by atoms with Crippen molar-refractivity contribution >= 4 is 20.8 Å². The number of aromatic nitrogens is 1. The summed E-state index contributed by atoms with van der Waals surface area (Å²) in [6.45, 7) is 0.473. The second-order valence-electron chi connectivity index (χ2n) is 6.24. The van der Waals surface area contributed by atoms with Crippen molar-refractivity contribution in [3.05, 3.63) is 77.6 Å². The highest BCUT2D eigenvalue weighted by atomic mass is 32.2. The van der Waals surface area contributed by atoms with Gasteiger partial charge in [-0.25, -0.2) is 13.1 Å². The van der Waals surface area contributed by atoms with E-state index in [1.165, 1.54) is 28.2 Å². The van der Waals surface area contributed by atoms with Crippen LogP contribution < -0.4 is 4.72 Å². The fourth-order valence-electron chi connectivity index (χ4n) is 2.89. The van der Waals surface area contributed by atoms with Gasteiger partial charge in [-0.1, -0.05) is 48.5 Å². The molecule has 0 atom stereocenters. The van der Waals surface area contributed by atoms with Gasteiger partial charge in [0.25, 0.3) is 0 Å². The zero-order valence-electron chi connectivity index (χ0n) is 14.3. The van der Waals surface area contributed by atoms with E-state index in [0.717, 1.165) is 25.0 Å². The number of rotatable bonds is 7. The average molecular weight is 354 g/mol. The van der Waals surface area contributed by atoms with Gasteiger partial charge < -0.3 is 0 Å². The molecule has 0 aliphatic carbocycles. The molecule has 0 radical (unpaired) electrons. The largest absolute Gasteiger partial charge is 0.260 e. The van der Waals surface area contributed by atoms with Gasteiger partial charge in [0.1, 0.15) is 0 Å². The summed E-state index contributed by atoms with van der Waals surface area (Å²) in [6, 6.07) is 18.8. The van der Waals surface area contributed by atoms with Crippen LogP contribution in [0.5, 0.6) is 0 Å². The van der Waals surface area contributed by atoms with Crippen LogP contribution in [0.1, 0.15) is 23.2 Å². The van der Waals surface area contributed by atoms with E-state index in [1.54, 1.807) is 0 Å². The molecule has 130 valence electrons. The lowest BCUT2D eigenvalue weighted by molar-refractivity contribution is 0.585. The summed E-state index contributed by atoms with van der Waals surface area (Å²) < 4.78 is 24.6. The molecule has 4 nitrogen and oxygen atoms in total. The van der Waals surface area contributed by atoms with Gasteiger partial charge in [0, 0.05) is 24.5 Å². The van der Waals surface area contributed by atoms with Crippen LogP contribution in [0, 0.1) is 0 Å². The van der Waals surface area contributed by atoms with E-state index in [2.05, 4.69) is 46.1 Å². The van der Waals surface area contributed by atoms with Gasteiger partial charge in [-0.2, -0.15) is 0 Å². The van der Waals surface area contributed by atoms with Gasteiger partial charge in [0.05, 0.1) is 11.9 Å². The Labute approximate surface area is 149 Å². The molecule has 25 heavy (non-hydrogen) atoms. The Bertz CT molecular complexity index is 946. The lowest BCUT2D eigenvalue weighted by atomic mass is 10.0.